The third-order valence-corrected chi connectivity index (χ3v) is 6.75. The van der Waals surface area contributed by atoms with E-state index in [9.17, 15) is 9.90 Å². The zero-order chi connectivity index (χ0) is 24.5. The van der Waals surface area contributed by atoms with Gasteiger partial charge in [0.2, 0.25) is 0 Å². The number of aliphatic hydroxyl groups excluding tert-OH is 1. The van der Waals surface area contributed by atoms with E-state index in [1.165, 1.54) is 6.92 Å². The normalized spacial score (nSPS) is 16.6. The van der Waals surface area contributed by atoms with Crippen molar-refractivity contribution in [2.75, 3.05) is 13.1 Å². The highest BCUT2D eigenvalue weighted by Crippen LogP contribution is 2.34. The van der Waals surface area contributed by atoms with Crippen LogP contribution in [0, 0.1) is 0 Å². The summed E-state index contributed by atoms with van der Waals surface area (Å²) in [7, 11) is 0. The second-order valence-electron chi connectivity index (χ2n) is 9.11. The topological polar surface area (TPSA) is 99.4 Å². The highest BCUT2D eigenvalue weighted by molar-refractivity contribution is 5.86. The predicted octanol–water partition coefficient (Wildman–Crippen LogP) is 4.34. The number of carbonyl (C=O) groups is 1. The van der Waals surface area contributed by atoms with Gasteiger partial charge < -0.3 is 15.0 Å². The number of hydrogen-bond acceptors (Lipinski definition) is 5. The van der Waals surface area contributed by atoms with Crippen LogP contribution in [0.3, 0.4) is 0 Å². The van der Waals surface area contributed by atoms with E-state index in [-0.39, 0.29) is 11.8 Å². The van der Waals surface area contributed by atoms with Crippen molar-refractivity contribution in [2.45, 2.75) is 45.6 Å². The van der Waals surface area contributed by atoms with Crippen LogP contribution >= 0.6 is 0 Å². The van der Waals surface area contributed by atoms with Gasteiger partial charge >= 0.3 is 0 Å². The van der Waals surface area contributed by atoms with Crippen molar-refractivity contribution < 1.29 is 9.90 Å². The molecular formula is C27H30N6O2. The number of piperidine rings is 1. The molecule has 1 amide bonds. The molecular weight excluding hydrogens is 440 g/mol. The number of nitrogens with zero attached hydrogens (tertiary/aromatic N) is 5. The molecule has 1 unspecified atom stereocenters. The van der Waals surface area contributed by atoms with Gasteiger partial charge in [-0.2, -0.15) is 9.61 Å². The molecule has 0 bridgehead atoms. The van der Waals surface area contributed by atoms with Gasteiger partial charge in [-0.3, -0.25) is 9.78 Å². The number of likely N-dealkylation sites (tertiary alicyclic amines) is 1. The van der Waals surface area contributed by atoms with Gasteiger partial charge in [-0.1, -0.05) is 24.3 Å². The molecule has 1 aliphatic rings. The van der Waals surface area contributed by atoms with Gasteiger partial charge in [-0.15, -0.1) is 0 Å². The number of carbonyl (C=O) groups excluding carboxylic acids is 1. The maximum atomic E-state index is 12.2. The van der Waals surface area contributed by atoms with Gasteiger partial charge in [0.05, 0.1) is 17.6 Å². The number of aromatic amines is 1. The fourth-order valence-electron chi connectivity index (χ4n) is 4.79. The molecule has 5 rings (SSSR count). The molecule has 8 heteroatoms. The van der Waals surface area contributed by atoms with Gasteiger partial charge in [-0.05, 0) is 51.3 Å². The number of amides is 1. The van der Waals surface area contributed by atoms with E-state index in [2.05, 4.69) is 21.1 Å². The Morgan fingerprint density at radius 1 is 1.23 bits per heavy atom. The van der Waals surface area contributed by atoms with Crippen LogP contribution in [0.5, 0.6) is 0 Å². The van der Waals surface area contributed by atoms with E-state index in [4.69, 9.17) is 4.98 Å². The Labute approximate surface area is 204 Å². The number of aromatic nitrogens is 5. The van der Waals surface area contributed by atoms with Crippen LogP contribution in [0.1, 0.15) is 50.9 Å². The number of pyridine rings is 1. The summed E-state index contributed by atoms with van der Waals surface area (Å²) in [5.74, 6) is 0.0162. The predicted molar refractivity (Wildman–Crippen MR) is 137 cm³/mol. The smallest absolute Gasteiger partial charge is 0.251 e. The first-order valence-corrected chi connectivity index (χ1v) is 12.1. The molecule has 1 saturated heterocycles. The summed E-state index contributed by atoms with van der Waals surface area (Å²) in [6.07, 6.45) is 12.3. The zero-order valence-corrected chi connectivity index (χ0v) is 20.3. The quantitative estimate of drug-likeness (QED) is 0.423. The first-order chi connectivity index (χ1) is 17.0. The summed E-state index contributed by atoms with van der Waals surface area (Å²) < 4.78 is 1.85. The van der Waals surface area contributed by atoms with Crippen molar-refractivity contribution in [3.8, 4) is 11.1 Å². The Bertz CT molecular complexity index is 1420. The molecule has 1 aliphatic heterocycles. The Morgan fingerprint density at radius 3 is 2.71 bits per heavy atom. The molecule has 180 valence electrons. The average Bonchev–Trinajstić information content (AvgIpc) is 3.53. The number of hydrogen-bond donors (Lipinski definition) is 2. The summed E-state index contributed by atoms with van der Waals surface area (Å²) in [6, 6.07) is 6.13. The van der Waals surface area contributed by atoms with Crippen molar-refractivity contribution in [2.24, 2.45) is 0 Å². The number of fused-ring (bicyclic) bond motifs is 3. The minimum absolute atomic E-state index is 0.205. The van der Waals surface area contributed by atoms with Gasteiger partial charge in [-0.25, -0.2) is 4.98 Å². The van der Waals surface area contributed by atoms with Gasteiger partial charge in [0.1, 0.15) is 11.8 Å². The molecule has 0 saturated carbocycles. The fraction of sp³-hybridized carbons (Fsp3) is 0.333. The van der Waals surface area contributed by atoms with E-state index in [0.29, 0.717) is 13.1 Å². The van der Waals surface area contributed by atoms with E-state index < -0.39 is 6.10 Å². The maximum absolute atomic E-state index is 12.2. The summed E-state index contributed by atoms with van der Waals surface area (Å²) in [5, 5.41) is 15.3. The molecule has 8 nitrogen and oxygen atoms in total. The molecule has 35 heavy (non-hydrogen) atoms. The first kappa shape index (κ1) is 23.0. The highest BCUT2D eigenvalue weighted by Gasteiger charge is 2.28. The molecule has 4 aromatic rings. The Hall–Kier alpha value is -3.78. The summed E-state index contributed by atoms with van der Waals surface area (Å²) in [6.45, 7) is 6.80. The van der Waals surface area contributed by atoms with E-state index in [1.54, 1.807) is 4.90 Å². The summed E-state index contributed by atoms with van der Waals surface area (Å²) >= 11 is 0. The SMILES string of the molecule is CC=C/C=C(\C)c1ccc(-c2cnn3c2nc(C2CCN(C(=O)C(C)O)CC2)c2cc[nH]c23)cn1. The first-order valence-electron chi connectivity index (χ1n) is 12.1. The fourth-order valence-corrected chi connectivity index (χ4v) is 4.79. The van der Waals surface area contributed by atoms with Crippen LogP contribution in [0.2, 0.25) is 0 Å². The third-order valence-electron chi connectivity index (χ3n) is 6.75. The van der Waals surface area contributed by atoms with Crippen LogP contribution < -0.4 is 0 Å². The second kappa shape index (κ2) is 9.46. The lowest BCUT2D eigenvalue weighted by Gasteiger charge is -2.32. The number of rotatable bonds is 5. The van der Waals surface area contributed by atoms with E-state index in [1.807, 2.05) is 67.3 Å². The molecule has 2 N–H and O–H groups in total. The minimum Gasteiger partial charge on any atom is -0.384 e. The van der Waals surface area contributed by atoms with Crippen LogP contribution in [-0.2, 0) is 4.79 Å². The zero-order valence-electron chi connectivity index (χ0n) is 20.3. The largest absolute Gasteiger partial charge is 0.384 e. The maximum Gasteiger partial charge on any atom is 0.251 e. The van der Waals surface area contributed by atoms with Gasteiger partial charge in [0, 0.05) is 47.9 Å². The number of allylic oxidation sites excluding steroid dienone is 4. The number of aliphatic hydroxyl groups is 1. The molecule has 0 radical (unpaired) electrons. The van der Waals surface area contributed by atoms with Crippen molar-refractivity contribution in [1.82, 2.24) is 29.5 Å². The molecule has 4 aromatic heterocycles. The van der Waals surface area contributed by atoms with Crippen LogP contribution in [0.25, 0.3) is 33.4 Å². The second-order valence-corrected chi connectivity index (χ2v) is 9.11. The lowest BCUT2D eigenvalue weighted by atomic mass is 9.91. The third kappa shape index (κ3) is 4.25. The molecule has 0 spiro atoms. The van der Waals surface area contributed by atoms with Crippen LogP contribution in [0.15, 0.2) is 55.0 Å². The van der Waals surface area contributed by atoms with Crippen molar-refractivity contribution in [3.63, 3.8) is 0 Å². The molecule has 0 aromatic carbocycles. The molecule has 1 atom stereocenters. The Kier molecular flexibility index (Phi) is 6.21. The van der Waals surface area contributed by atoms with E-state index >= 15 is 0 Å². The lowest BCUT2D eigenvalue weighted by molar-refractivity contribution is -0.140. The highest BCUT2D eigenvalue weighted by atomic mass is 16.3. The summed E-state index contributed by atoms with van der Waals surface area (Å²) in [5.41, 5.74) is 6.64. The molecule has 5 heterocycles. The lowest BCUT2D eigenvalue weighted by Crippen LogP contribution is -2.42. The van der Waals surface area contributed by atoms with Crippen LogP contribution in [-0.4, -0.2) is 59.7 Å². The van der Waals surface area contributed by atoms with E-state index in [0.717, 1.165) is 57.6 Å². The summed E-state index contributed by atoms with van der Waals surface area (Å²) in [4.78, 5) is 27.1. The van der Waals surface area contributed by atoms with Gasteiger partial charge in [0.25, 0.3) is 5.91 Å². The van der Waals surface area contributed by atoms with Crippen molar-refractivity contribution >= 4 is 28.2 Å². The Morgan fingerprint density at radius 2 is 2.03 bits per heavy atom. The minimum atomic E-state index is -0.964. The standard InChI is InChI=1S/C27H30N6O2/c1-4-5-6-17(2)23-8-7-20(15-29-23)22-16-30-33-25-21(9-12-28-25)24(31-26(22)33)19-10-13-32(14-11-19)27(35)18(3)34/h4-9,12,15-16,18-19,28,34H,10-11,13-14H2,1-3H3/b5-4?,17-6+. The van der Waals surface area contributed by atoms with Crippen molar-refractivity contribution in [1.29, 1.82) is 0 Å². The monoisotopic (exact) mass is 470 g/mol. The molecule has 1 fully saturated rings. The number of nitrogens with one attached hydrogen (secondary N) is 1. The van der Waals surface area contributed by atoms with Gasteiger partial charge in [0.15, 0.2) is 5.65 Å². The van der Waals surface area contributed by atoms with Crippen LogP contribution in [0.4, 0.5) is 0 Å². The Balaban J connectivity index is 1.50. The van der Waals surface area contributed by atoms with Crippen molar-refractivity contribution in [3.05, 3.63) is 66.4 Å². The molecule has 0 aliphatic carbocycles. The average molecular weight is 471 g/mol. The number of H-pyrrole nitrogens is 1.